The molecule has 0 saturated carbocycles. The van der Waals surface area contributed by atoms with Crippen molar-refractivity contribution in [3.8, 4) is 16.9 Å². The molecule has 0 saturated heterocycles. The van der Waals surface area contributed by atoms with E-state index in [1.54, 1.807) is 18.3 Å². The molecule has 1 aromatic heterocycles. The minimum atomic E-state index is -4.80. The zero-order valence-corrected chi connectivity index (χ0v) is 16.3. The van der Waals surface area contributed by atoms with E-state index < -0.39 is 35.5 Å². The zero-order valence-electron chi connectivity index (χ0n) is 16.3. The third kappa shape index (κ3) is 5.56. The van der Waals surface area contributed by atoms with Crippen molar-refractivity contribution in [2.24, 2.45) is 0 Å². The topological polar surface area (TPSA) is 80.3 Å². The molecule has 0 aliphatic heterocycles. The standard InChI is InChI=1S/C21H14F5N3O3/c1-11-14(12-5-7-13(8-6-12)32-21(24,25)26)9-10-17(27-11)28-20(31)29-19(30)18-15(22)3-2-4-16(18)23/h2-10H,1H3,(H2,27,28,29,30,31). The monoisotopic (exact) mass is 451 g/mol. The summed E-state index contributed by atoms with van der Waals surface area (Å²) in [6.45, 7) is 1.60. The summed E-state index contributed by atoms with van der Waals surface area (Å²) >= 11 is 0. The van der Waals surface area contributed by atoms with Gasteiger partial charge in [0.15, 0.2) is 0 Å². The number of carbonyl (C=O) groups is 2. The summed E-state index contributed by atoms with van der Waals surface area (Å²) < 4.78 is 67.9. The molecule has 6 nitrogen and oxygen atoms in total. The largest absolute Gasteiger partial charge is 0.573 e. The fraction of sp³-hybridized carbons (Fsp3) is 0.0952. The number of imide groups is 1. The Labute approximate surface area is 178 Å². The summed E-state index contributed by atoms with van der Waals surface area (Å²) in [5.74, 6) is -3.87. The van der Waals surface area contributed by atoms with Crippen LogP contribution in [0.2, 0.25) is 0 Å². The summed E-state index contributed by atoms with van der Waals surface area (Å²) in [7, 11) is 0. The maximum absolute atomic E-state index is 13.6. The Morgan fingerprint density at radius 1 is 0.938 bits per heavy atom. The van der Waals surface area contributed by atoms with Gasteiger partial charge in [-0.25, -0.2) is 18.6 Å². The predicted octanol–water partition coefficient (Wildman–Crippen LogP) is 5.20. The lowest BCUT2D eigenvalue weighted by Crippen LogP contribution is -2.35. The molecule has 0 radical (unpaired) electrons. The molecule has 32 heavy (non-hydrogen) atoms. The van der Waals surface area contributed by atoms with Crippen molar-refractivity contribution in [2.75, 3.05) is 5.32 Å². The van der Waals surface area contributed by atoms with Crippen LogP contribution in [0.5, 0.6) is 5.75 Å². The highest BCUT2D eigenvalue weighted by molar-refractivity contribution is 6.08. The number of rotatable bonds is 4. The van der Waals surface area contributed by atoms with Crippen LogP contribution in [0.4, 0.5) is 32.6 Å². The van der Waals surface area contributed by atoms with Gasteiger partial charge in [-0.15, -0.1) is 13.2 Å². The lowest BCUT2D eigenvalue weighted by Gasteiger charge is -2.12. The summed E-state index contributed by atoms with van der Waals surface area (Å²) in [5, 5.41) is 4.07. The van der Waals surface area contributed by atoms with Crippen molar-refractivity contribution < 1.29 is 36.3 Å². The molecule has 0 atom stereocenters. The number of hydrogen-bond acceptors (Lipinski definition) is 4. The first-order valence-electron chi connectivity index (χ1n) is 8.93. The van der Waals surface area contributed by atoms with E-state index in [2.05, 4.69) is 15.0 Å². The summed E-state index contributed by atoms with van der Waals surface area (Å²) in [4.78, 5) is 28.1. The maximum atomic E-state index is 13.6. The van der Waals surface area contributed by atoms with Crippen LogP contribution < -0.4 is 15.4 Å². The van der Waals surface area contributed by atoms with E-state index >= 15 is 0 Å². The molecular formula is C21H14F5N3O3. The van der Waals surface area contributed by atoms with Crippen LogP contribution in [-0.4, -0.2) is 23.3 Å². The highest BCUT2D eigenvalue weighted by Gasteiger charge is 2.31. The van der Waals surface area contributed by atoms with E-state index in [0.29, 0.717) is 16.8 Å². The highest BCUT2D eigenvalue weighted by Crippen LogP contribution is 2.28. The van der Waals surface area contributed by atoms with Crippen LogP contribution >= 0.6 is 0 Å². The number of hydrogen-bond donors (Lipinski definition) is 2. The van der Waals surface area contributed by atoms with Gasteiger partial charge in [0, 0.05) is 11.3 Å². The van der Waals surface area contributed by atoms with E-state index in [1.807, 2.05) is 0 Å². The van der Waals surface area contributed by atoms with Crippen LogP contribution in [0.3, 0.4) is 0 Å². The fourth-order valence-electron chi connectivity index (χ4n) is 2.80. The third-order valence-corrected chi connectivity index (χ3v) is 4.14. The number of benzene rings is 2. The molecule has 0 aliphatic carbocycles. The first-order valence-corrected chi connectivity index (χ1v) is 8.93. The van der Waals surface area contributed by atoms with Gasteiger partial charge >= 0.3 is 12.4 Å². The van der Waals surface area contributed by atoms with Crippen LogP contribution in [-0.2, 0) is 0 Å². The number of urea groups is 1. The van der Waals surface area contributed by atoms with E-state index in [1.165, 1.54) is 18.2 Å². The van der Waals surface area contributed by atoms with Crippen LogP contribution in [0.1, 0.15) is 16.1 Å². The van der Waals surface area contributed by atoms with Gasteiger partial charge in [-0.1, -0.05) is 18.2 Å². The number of amides is 3. The highest BCUT2D eigenvalue weighted by atomic mass is 19.4. The van der Waals surface area contributed by atoms with Crippen LogP contribution in [0.25, 0.3) is 11.1 Å². The van der Waals surface area contributed by atoms with Crippen molar-refractivity contribution in [3.05, 3.63) is 77.5 Å². The lowest BCUT2D eigenvalue weighted by atomic mass is 10.0. The number of aromatic nitrogens is 1. The number of ether oxygens (including phenoxy) is 1. The van der Waals surface area contributed by atoms with Crippen LogP contribution in [0, 0.1) is 18.6 Å². The number of anilines is 1. The normalized spacial score (nSPS) is 11.1. The average Bonchev–Trinajstić information content (AvgIpc) is 2.67. The number of aryl methyl sites for hydroxylation is 1. The Morgan fingerprint density at radius 3 is 2.12 bits per heavy atom. The minimum Gasteiger partial charge on any atom is -0.406 e. The van der Waals surface area contributed by atoms with Gasteiger partial charge in [0.25, 0.3) is 5.91 Å². The number of alkyl halides is 3. The Kier molecular flexibility index (Phi) is 6.37. The number of nitrogens with zero attached hydrogens (tertiary/aromatic N) is 1. The van der Waals surface area contributed by atoms with Crippen molar-refractivity contribution >= 4 is 17.8 Å². The molecule has 3 amide bonds. The number of pyridine rings is 1. The molecule has 0 bridgehead atoms. The second-order valence-corrected chi connectivity index (χ2v) is 6.41. The molecule has 11 heteroatoms. The van der Waals surface area contributed by atoms with Crippen LogP contribution in [0.15, 0.2) is 54.6 Å². The molecule has 1 heterocycles. The third-order valence-electron chi connectivity index (χ3n) is 4.14. The predicted molar refractivity (Wildman–Crippen MR) is 104 cm³/mol. The van der Waals surface area contributed by atoms with E-state index in [0.717, 1.165) is 30.3 Å². The number of nitrogens with one attached hydrogen (secondary N) is 2. The second-order valence-electron chi connectivity index (χ2n) is 6.41. The van der Waals surface area contributed by atoms with Gasteiger partial charge < -0.3 is 4.74 Å². The Hall–Kier alpha value is -4.02. The molecule has 0 spiro atoms. The average molecular weight is 451 g/mol. The molecule has 2 N–H and O–H groups in total. The van der Waals surface area contributed by atoms with Gasteiger partial charge in [0.1, 0.15) is 28.8 Å². The van der Waals surface area contributed by atoms with E-state index in [9.17, 15) is 31.5 Å². The van der Waals surface area contributed by atoms with E-state index in [-0.39, 0.29) is 11.6 Å². The SMILES string of the molecule is Cc1nc(NC(=O)NC(=O)c2c(F)cccc2F)ccc1-c1ccc(OC(F)(F)F)cc1. The smallest absolute Gasteiger partial charge is 0.406 e. The maximum Gasteiger partial charge on any atom is 0.573 e. The van der Waals surface area contributed by atoms with Gasteiger partial charge in [-0.05, 0) is 48.9 Å². The van der Waals surface area contributed by atoms with Gasteiger partial charge in [-0.3, -0.25) is 15.4 Å². The lowest BCUT2D eigenvalue weighted by molar-refractivity contribution is -0.274. The molecular weight excluding hydrogens is 437 g/mol. The molecule has 166 valence electrons. The Morgan fingerprint density at radius 2 is 1.56 bits per heavy atom. The Balaban J connectivity index is 1.69. The number of halogens is 5. The molecule has 0 unspecified atom stereocenters. The molecule has 2 aromatic carbocycles. The minimum absolute atomic E-state index is 0.0302. The van der Waals surface area contributed by atoms with Crippen molar-refractivity contribution in [2.45, 2.75) is 13.3 Å². The zero-order chi connectivity index (χ0) is 23.5. The van der Waals surface area contributed by atoms with Gasteiger partial charge in [-0.2, -0.15) is 0 Å². The van der Waals surface area contributed by atoms with Gasteiger partial charge in [0.2, 0.25) is 0 Å². The molecule has 3 rings (SSSR count). The first-order chi connectivity index (χ1) is 15.0. The first kappa shape index (κ1) is 22.7. The summed E-state index contributed by atoms with van der Waals surface area (Å²) in [5.41, 5.74) is 0.628. The quantitative estimate of drug-likeness (QED) is 0.535. The van der Waals surface area contributed by atoms with E-state index in [4.69, 9.17) is 0 Å². The fourth-order valence-corrected chi connectivity index (χ4v) is 2.80. The van der Waals surface area contributed by atoms with Gasteiger partial charge in [0.05, 0.1) is 0 Å². The van der Waals surface area contributed by atoms with Crippen molar-refractivity contribution in [1.29, 1.82) is 0 Å². The molecule has 3 aromatic rings. The molecule has 0 aliphatic rings. The van der Waals surface area contributed by atoms with Crippen molar-refractivity contribution in [1.82, 2.24) is 10.3 Å². The second kappa shape index (κ2) is 9.00. The Bertz CT molecular complexity index is 1140. The summed E-state index contributed by atoms with van der Waals surface area (Å²) in [6.07, 6.45) is -4.80. The number of carbonyl (C=O) groups excluding carboxylic acids is 2. The summed E-state index contributed by atoms with van der Waals surface area (Å²) in [6, 6.07) is 9.82. The molecule has 0 fully saturated rings. The van der Waals surface area contributed by atoms with Crippen molar-refractivity contribution in [3.63, 3.8) is 0 Å².